The largest absolute Gasteiger partial charge is 0.409 e. The molecule has 1 rings (SSSR count). The normalized spacial score (nSPS) is 15.7. The number of hydrogen-bond acceptors (Lipinski definition) is 3. The van der Waals surface area contributed by atoms with Crippen LogP contribution in [-0.2, 0) is 0 Å². The van der Waals surface area contributed by atoms with E-state index in [1.54, 1.807) is 0 Å². The van der Waals surface area contributed by atoms with E-state index < -0.39 is 0 Å². The van der Waals surface area contributed by atoms with Gasteiger partial charge in [0.2, 0.25) is 0 Å². The number of amidine groups is 1. The van der Waals surface area contributed by atoms with E-state index in [-0.39, 0.29) is 17.8 Å². The molecule has 18 heavy (non-hydrogen) atoms. The first-order valence-corrected chi connectivity index (χ1v) is 6.26. The summed E-state index contributed by atoms with van der Waals surface area (Å²) in [5.74, 6) is 0.264. The summed E-state index contributed by atoms with van der Waals surface area (Å²) < 4.78 is 0. The van der Waals surface area contributed by atoms with Crippen molar-refractivity contribution in [1.82, 2.24) is 4.90 Å². The molecule has 0 radical (unpaired) electrons. The van der Waals surface area contributed by atoms with Gasteiger partial charge in [0.15, 0.2) is 0 Å². The van der Waals surface area contributed by atoms with Crippen LogP contribution in [0.1, 0.15) is 25.5 Å². The summed E-state index contributed by atoms with van der Waals surface area (Å²) in [6.45, 7) is 4.77. The van der Waals surface area contributed by atoms with Crippen LogP contribution in [0.15, 0.2) is 29.4 Å². The third-order valence-electron chi connectivity index (χ3n) is 3.20. The van der Waals surface area contributed by atoms with Gasteiger partial charge in [0, 0.05) is 23.5 Å². The van der Waals surface area contributed by atoms with Crippen molar-refractivity contribution in [3.05, 3.63) is 34.9 Å². The predicted octanol–water partition coefficient (Wildman–Crippen LogP) is 2.72. The highest BCUT2D eigenvalue weighted by Gasteiger charge is 2.16. The second kappa shape index (κ2) is 6.61. The Morgan fingerprint density at radius 1 is 1.39 bits per heavy atom. The van der Waals surface area contributed by atoms with E-state index in [2.05, 4.69) is 17.0 Å². The number of benzene rings is 1. The maximum atomic E-state index is 8.63. The van der Waals surface area contributed by atoms with Crippen LogP contribution >= 0.6 is 11.6 Å². The second-order valence-corrected chi connectivity index (χ2v) is 5.03. The minimum atomic E-state index is 0.00903. The standard InChI is InChI=1S/C13H20ClN3O/c1-9(13(15)16-18)8-17(3)10(2)11-4-6-12(14)7-5-11/h4-7,9-10,18H,8H2,1-3H3,(H2,15,16). The SMILES string of the molecule is CC(CN(C)C(C)c1ccc(Cl)cc1)C(N)=NO. The van der Waals surface area contributed by atoms with Crippen LogP contribution in [0.2, 0.25) is 5.02 Å². The number of nitrogens with zero attached hydrogens (tertiary/aromatic N) is 2. The number of oxime groups is 1. The monoisotopic (exact) mass is 269 g/mol. The minimum Gasteiger partial charge on any atom is -0.409 e. The number of rotatable bonds is 5. The molecule has 0 saturated heterocycles. The van der Waals surface area contributed by atoms with E-state index >= 15 is 0 Å². The second-order valence-electron chi connectivity index (χ2n) is 4.59. The van der Waals surface area contributed by atoms with Crippen LogP contribution in [0.25, 0.3) is 0 Å². The molecule has 0 aromatic heterocycles. The molecule has 1 aromatic carbocycles. The zero-order valence-electron chi connectivity index (χ0n) is 11.0. The average molecular weight is 270 g/mol. The lowest BCUT2D eigenvalue weighted by Gasteiger charge is -2.27. The van der Waals surface area contributed by atoms with E-state index in [1.165, 1.54) is 5.56 Å². The molecular weight excluding hydrogens is 250 g/mol. The molecule has 0 aliphatic rings. The quantitative estimate of drug-likeness (QED) is 0.374. The molecule has 0 bridgehead atoms. The van der Waals surface area contributed by atoms with Crippen LogP contribution in [0.3, 0.4) is 0 Å². The van der Waals surface area contributed by atoms with Gasteiger partial charge in [-0.2, -0.15) is 0 Å². The predicted molar refractivity (Wildman–Crippen MR) is 75.1 cm³/mol. The van der Waals surface area contributed by atoms with Crippen molar-refractivity contribution in [2.75, 3.05) is 13.6 Å². The minimum absolute atomic E-state index is 0.00903. The fourth-order valence-electron chi connectivity index (χ4n) is 1.78. The maximum absolute atomic E-state index is 8.63. The van der Waals surface area contributed by atoms with Crippen molar-refractivity contribution in [2.24, 2.45) is 16.8 Å². The maximum Gasteiger partial charge on any atom is 0.143 e. The first kappa shape index (κ1) is 14.8. The molecule has 1 aromatic rings. The number of nitrogens with two attached hydrogens (primary N) is 1. The van der Waals surface area contributed by atoms with Gasteiger partial charge in [0.25, 0.3) is 0 Å². The van der Waals surface area contributed by atoms with Crippen LogP contribution in [0.5, 0.6) is 0 Å². The summed E-state index contributed by atoms with van der Waals surface area (Å²) in [6.07, 6.45) is 0. The van der Waals surface area contributed by atoms with Gasteiger partial charge in [0.05, 0.1) is 0 Å². The van der Waals surface area contributed by atoms with Gasteiger partial charge in [-0.3, -0.25) is 4.90 Å². The van der Waals surface area contributed by atoms with Crippen molar-refractivity contribution < 1.29 is 5.21 Å². The van der Waals surface area contributed by atoms with Gasteiger partial charge >= 0.3 is 0 Å². The molecular formula is C13H20ClN3O. The zero-order valence-corrected chi connectivity index (χ0v) is 11.7. The van der Waals surface area contributed by atoms with E-state index in [1.807, 2.05) is 38.2 Å². The van der Waals surface area contributed by atoms with Crippen LogP contribution in [0.4, 0.5) is 0 Å². The molecule has 0 amide bonds. The van der Waals surface area contributed by atoms with E-state index in [9.17, 15) is 0 Å². The Kier molecular flexibility index (Phi) is 5.44. The number of halogens is 1. The third kappa shape index (κ3) is 3.89. The molecule has 3 N–H and O–H groups in total. The molecule has 0 heterocycles. The summed E-state index contributed by atoms with van der Waals surface area (Å²) >= 11 is 5.87. The zero-order chi connectivity index (χ0) is 13.7. The Balaban J connectivity index is 2.66. The van der Waals surface area contributed by atoms with Crippen LogP contribution in [-0.4, -0.2) is 29.5 Å². The summed E-state index contributed by atoms with van der Waals surface area (Å²) in [7, 11) is 2.01. The highest BCUT2D eigenvalue weighted by Crippen LogP contribution is 2.21. The summed E-state index contributed by atoms with van der Waals surface area (Å²) in [4.78, 5) is 2.16. The molecule has 2 unspecified atom stereocenters. The van der Waals surface area contributed by atoms with Crippen molar-refractivity contribution in [3.63, 3.8) is 0 Å². The van der Waals surface area contributed by atoms with E-state index in [0.29, 0.717) is 0 Å². The lowest BCUT2D eigenvalue weighted by molar-refractivity contribution is 0.242. The van der Waals surface area contributed by atoms with Gasteiger partial charge in [0.1, 0.15) is 5.84 Å². The van der Waals surface area contributed by atoms with Gasteiger partial charge < -0.3 is 10.9 Å². The first-order valence-electron chi connectivity index (χ1n) is 5.88. The summed E-state index contributed by atoms with van der Waals surface area (Å²) in [5.41, 5.74) is 6.77. The smallest absolute Gasteiger partial charge is 0.143 e. The molecule has 5 heteroatoms. The lowest BCUT2D eigenvalue weighted by Crippen LogP contribution is -2.34. The van der Waals surface area contributed by atoms with Gasteiger partial charge in [-0.05, 0) is 31.7 Å². The van der Waals surface area contributed by atoms with Gasteiger partial charge in [-0.1, -0.05) is 35.8 Å². The molecule has 0 fully saturated rings. The van der Waals surface area contributed by atoms with Crippen LogP contribution in [0, 0.1) is 5.92 Å². The van der Waals surface area contributed by atoms with Crippen molar-refractivity contribution >= 4 is 17.4 Å². The molecule has 100 valence electrons. The molecule has 4 nitrogen and oxygen atoms in total. The fourth-order valence-corrected chi connectivity index (χ4v) is 1.90. The molecule has 0 aliphatic heterocycles. The Morgan fingerprint density at radius 2 is 1.94 bits per heavy atom. The highest BCUT2D eigenvalue weighted by atomic mass is 35.5. The summed E-state index contributed by atoms with van der Waals surface area (Å²) in [5, 5.41) is 12.4. The summed E-state index contributed by atoms with van der Waals surface area (Å²) in [6, 6.07) is 8.04. The van der Waals surface area contributed by atoms with Crippen molar-refractivity contribution in [1.29, 1.82) is 0 Å². The van der Waals surface area contributed by atoms with Crippen molar-refractivity contribution in [3.8, 4) is 0 Å². The molecule has 0 spiro atoms. The van der Waals surface area contributed by atoms with E-state index in [4.69, 9.17) is 22.5 Å². The molecule has 0 aliphatic carbocycles. The Hall–Kier alpha value is -1.26. The molecule has 0 saturated carbocycles. The third-order valence-corrected chi connectivity index (χ3v) is 3.45. The lowest BCUT2D eigenvalue weighted by atomic mass is 10.1. The molecule has 2 atom stereocenters. The Morgan fingerprint density at radius 3 is 2.44 bits per heavy atom. The fraction of sp³-hybridized carbons (Fsp3) is 0.462. The Bertz CT molecular complexity index is 405. The topological polar surface area (TPSA) is 61.8 Å². The first-order chi connectivity index (χ1) is 8.45. The number of hydrogen-bond donors (Lipinski definition) is 2. The van der Waals surface area contributed by atoms with Gasteiger partial charge in [-0.15, -0.1) is 0 Å². The van der Waals surface area contributed by atoms with E-state index in [0.717, 1.165) is 11.6 Å². The highest BCUT2D eigenvalue weighted by molar-refractivity contribution is 6.30. The average Bonchev–Trinajstić information content (AvgIpc) is 2.37. The van der Waals surface area contributed by atoms with Crippen molar-refractivity contribution in [2.45, 2.75) is 19.9 Å². The Labute approximate surface area is 113 Å². The van der Waals surface area contributed by atoms with Crippen LogP contribution < -0.4 is 5.73 Å². The van der Waals surface area contributed by atoms with Gasteiger partial charge in [-0.25, -0.2) is 0 Å².